The number of unbranched alkanes of at least 4 members (excludes halogenated alkanes) is 2. The van der Waals surface area contributed by atoms with Crippen molar-refractivity contribution in [3.05, 3.63) is 64.7 Å². The Kier molecular flexibility index (Phi) is 7.57. The van der Waals surface area contributed by atoms with E-state index in [0.717, 1.165) is 30.4 Å². The predicted molar refractivity (Wildman–Crippen MR) is 124 cm³/mol. The van der Waals surface area contributed by atoms with Gasteiger partial charge in [-0.05, 0) is 61.7 Å². The Bertz CT molecular complexity index is 1030. The molecule has 6 nitrogen and oxygen atoms in total. The van der Waals surface area contributed by atoms with Gasteiger partial charge in [0.2, 0.25) is 0 Å². The van der Waals surface area contributed by atoms with Crippen molar-refractivity contribution in [2.45, 2.75) is 46.1 Å². The maximum absolute atomic E-state index is 13.1. The number of carbonyl (C=O) groups is 2. The Labute approximate surface area is 189 Å². The van der Waals surface area contributed by atoms with E-state index in [2.05, 4.69) is 6.92 Å². The molecule has 2 aromatic rings. The molecule has 1 N–H and O–H groups in total. The standard InChI is InChI=1S/C26H31NO5/c1-5-7-8-14-27-23(18-10-9-11-20(16-18)32-6-2)22(25(29)26(27)30)24(28)21-13-12-19(31-4)15-17(21)3/h9-13,15-16,23,28H,5-8,14H2,1-4H3/b24-22+. The number of hydrogen-bond donors (Lipinski definition) is 1. The quantitative estimate of drug-likeness (QED) is 0.258. The van der Waals surface area contributed by atoms with Crippen LogP contribution in [0.1, 0.15) is 55.8 Å². The molecular formula is C26H31NO5. The zero-order valence-electron chi connectivity index (χ0n) is 19.2. The summed E-state index contributed by atoms with van der Waals surface area (Å²) in [4.78, 5) is 27.7. The Morgan fingerprint density at radius 1 is 1.06 bits per heavy atom. The summed E-state index contributed by atoms with van der Waals surface area (Å²) in [7, 11) is 1.57. The molecule has 1 atom stereocenters. The number of amides is 1. The number of aliphatic hydroxyl groups is 1. The highest BCUT2D eigenvalue weighted by atomic mass is 16.5. The molecule has 1 amide bonds. The van der Waals surface area contributed by atoms with E-state index in [4.69, 9.17) is 9.47 Å². The first-order valence-electron chi connectivity index (χ1n) is 11.1. The van der Waals surface area contributed by atoms with E-state index in [1.807, 2.05) is 38.1 Å². The third-order valence-corrected chi connectivity index (χ3v) is 5.72. The molecule has 1 saturated heterocycles. The molecule has 0 radical (unpaired) electrons. The summed E-state index contributed by atoms with van der Waals surface area (Å²) < 4.78 is 10.9. The number of aliphatic hydroxyl groups excluding tert-OH is 1. The molecule has 0 aliphatic carbocycles. The Morgan fingerprint density at radius 2 is 1.84 bits per heavy atom. The van der Waals surface area contributed by atoms with E-state index in [0.29, 0.717) is 30.2 Å². The number of hydrogen-bond acceptors (Lipinski definition) is 5. The zero-order valence-corrected chi connectivity index (χ0v) is 19.2. The highest BCUT2D eigenvalue weighted by Gasteiger charge is 2.46. The third-order valence-electron chi connectivity index (χ3n) is 5.72. The second-order valence-corrected chi connectivity index (χ2v) is 7.89. The van der Waals surface area contributed by atoms with Crippen LogP contribution in [0.15, 0.2) is 48.0 Å². The van der Waals surface area contributed by atoms with Crippen molar-refractivity contribution in [1.82, 2.24) is 4.90 Å². The largest absolute Gasteiger partial charge is 0.507 e. The molecular weight excluding hydrogens is 406 g/mol. The summed E-state index contributed by atoms with van der Waals surface area (Å²) in [5, 5.41) is 11.3. The van der Waals surface area contributed by atoms with Gasteiger partial charge in [-0.3, -0.25) is 9.59 Å². The number of nitrogens with zero attached hydrogens (tertiary/aromatic N) is 1. The van der Waals surface area contributed by atoms with E-state index in [9.17, 15) is 14.7 Å². The van der Waals surface area contributed by atoms with Gasteiger partial charge in [-0.2, -0.15) is 0 Å². The molecule has 6 heteroatoms. The first-order valence-corrected chi connectivity index (χ1v) is 11.1. The number of methoxy groups -OCH3 is 1. The molecule has 1 aliphatic heterocycles. The van der Waals surface area contributed by atoms with Crippen molar-refractivity contribution in [1.29, 1.82) is 0 Å². The molecule has 0 spiro atoms. The highest BCUT2D eigenvalue weighted by Crippen LogP contribution is 2.41. The van der Waals surface area contributed by atoms with Crippen LogP contribution >= 0.6 is 0 Å². The summed E-state index contributed by atoms with van der Waals surface area (Å²) in [5.41, 5.74) is 2.09. The topological polar surface area (TPSA) is 76.1 Å². The predicted octanol–water partition coefficient (Wildman–Crippen LogP) is 5.01. The van der Waals surface area contributed by atoms with Gasteiger partial charge in [-0.25, -0.2) is 0 Å². The second-order valence-electron chi connectivity index (χ2n) is 7.89. The number of benzene rings is 2. The van der Waals surface area contributed by atoms with Crippen molar-refractivity contribution in [3.8, 4) is 11.5 Å². The van der Waals surface area contributed by atoms with E-state index in [1.54, 1.807) is 30.2 Å². The van der Waals surface area contributed by atoms with Crippen LogP contribution in [0.3, 0.4) is 0 Å². The second kappa shape index (κ2) is 10.4. The maximum Gasteiger partial charge on any atom is 0.295 e. The van der Waals surface area contributed by atoms with E-state index >= 15 is 0 Å². The fourth-order valence-electron chi connectivity index (χ4n) is 4.10. The number of aryl methyl sites for hydroxylation is 1. The summed E-state index contributed by atoms with van der Waals surface area (Å²) in [6.45, 7) is 6.77. The summed E-state index contributed by atoms with van der Waals surface area (Å²) in [6.07, 6.45) is 2.73. The Hall–Kier alpha value is -3.28. The SMILES string of the molecule is CCCCCN1C(=O)C(=O)/C(=C(/O)c2ccc(OC)cc2C)C1c1cccc(OCC)c1. The van der Waals surface area contributed by atoms with Crippen LogP contribution in [0.4, 0.5) is 0 Å². The van der Waals surface area contributed by atoms with Gasteiger partial charge in [0.15, 0.2) is 0 Å². The molecule has 32 heavy (non-hydrogen) atoms. The van der Waals surface area contributed by atoms with Crippen molar-refractivity contribution in [3.63, 3.8) is 0 Å². The van der Waals surface area contributed by atoms with Crippen molar-refractivity contribution < 1.29 is 24.2 Å². The van der Waals surface area contributed by atoms with Crippen LogP contribution < -0.4 is 9.47 Å². The van der Waals surface area contributed by atoms with Crippen LogP contribution in [0.25, 0.3) is 5.76 Å². The lowest BCUT2D eigenvalue weighted by molar-refractivity contribution is -0.139. The number of ketones is 1. The van der Waals surface area contributed by atoms with Crippen LogP contribution in [0.2, 0.25) is 0 Å². The summed E-state index contributed by atoms with van der Waals surface area (Å²) >= 11 is 0. The van der Waals surface area contributed by atoms with Gasteiger partial charge in [0.1, 0.15) is 17.3 Å². The van der Waals surface area contributed by atoms with Crippen molar-refractivity contribution >= 4 is 17.4 Å². The molecule has 1 unspecified atom stereocenters. The lowest BCUT2D eigenvalue weighted by Crippen LogP contribution is -2.30. The van der Waals surface area contributed by atoms with Gasteiger partial charge < -0.3 is 19.5 Å². The highest BCUT2D eigenvalue weighted by molar-refractivity contribution is 6.46. The molecule has 1 fully saturated rings. The number of ether oxygens (including phenoxy) is 2. The van der Waals surface area contributed by atoms with Crippen LogP contribution in [-0.2, 0) is 9.59 Å². The average molecular weight is 438 g/mol. The lowest BCUT2D eigenvalue weighted by atomic mass is 9.93. The Balaban J connectivity index is 2.15. The van der Waals surface area contributed by atoms with Crippen LogP contribution in [0, 0.1) is 6.92 Å². The fraction of sp³-hybridized carbons (Fsp3) is 0.385. The lowest BCUT2D eigenvalue weighted by Gasteiger charge is -2.26. The first-order chi connectivity index (χ1) is 15.4. The van der Waals surface area contributed by atoms with Gasteiger partial charge in [0.05, 0.1) is 25.3 Å². The van der Waals surface area contributed by atoms with Crippen molar-refractivity contribution in [2.75, 3.05) is 20.3 Å². The van der Waals surface area contributed by atoms with E-state index in [1.165, 1.54) is 0 Å². The van der Waals surface area contributed by atoms with Crippen molar-refractivity contribution in [2.24, 2.45) is 0 Å². The van der Waals surface area contributed by atoms with Gasteiger partial charge in [0.25, 0.3) is 11.7 Å². The molecule has 0 aromatic heterocycles. The molecule has 0 bridgehead atoms. The number of rotatable bonds is 9. The minimum absolute atomic E-state index is 0.105. The first kappa shape index (κ1) is 23.4. The summed E-state index contributed by atoms with van der Waals surface area (Å²) in [5.74, 6) is -0.111. The van der Waals surface area contributed by atoms with Gasteiger partial charge in [-0.1, -0.05) is 31.9 Å². The number of carbonyl (C=O) groups excluding carboxylic acids is 2. The summed E-state index contributed by atoms with van der Waals surface area (Å²) in [6, 6.07) is 11.9. The van der Waals surface area contributed by atoms with E-state index in [-0.39, 0.29) is 11.3 Å². The normalized spacial score (nSPS) is 17.6. The van der Waals surface area contributed by atoms with Gasteiger partial charge >= 0.3 is 0 Å². The van der Waals surface area contributed by atoms with Gasteiger partial charge in [-0.15, -0.1) is 0 Å². The smallest absolute Gasteiger partial charge is 0.295 e. The monoisotopic (exact) mass is 437 g/mol. The number of likely N-dealkylation sites (tertiary alicyclic amines) is 1. The van der Waals surface area contributed by atoms with Crippen LogP contribution in [-0.4, -0.2) is 42.0 Å². The van der Waals surface area contributed by atoms with Crippen LogP contribution in [0.5, 0.6) is 11.5 Å². The average Bonchev–Trinajstić information content (AvgIpc) is 3.04. The number of Topliss-reactive ketones (excluding diaryl/α,β-unsaturated/α-hetero) is 1. The molecule has 1 aliphatic rings. The van der Waals surface area contributed by atoms with E-state index < -0.39 is 17.7 Å². The maximum atomic E-state index is 13.1. The third kappa shape index (κ3) is 4.64. The molecule has 2 aromatic carbocycles. The molecule has 170 valence electrons. The Morgan fingerprint density at radius 3 is 2.50 bits per heavy atom. The minimum atomic E-state index is -0.672. The molecule has 3 rings (SSSR count). The minimum Gasteiger partial charge on any atom is -0.507 e. The molecule has 1 heterocycles. The fourth-order valence-corrected chi connectivity index (χ4v) is 4.10. The molecule has 0 saturated carbocycles. The zero-order chi connectivity index (χ0) is 23.3. The van der Waals surface area contributed by atoms with Gasteiger partial charge in [0, 0.05) is 12.1 Å².